The zero-order valence-electron chi connectivity index (χ0n) is 13.3. The fraction of sp³-hybridized carbons (Fsp3) is 0.526. The summed E-state index contributed by atoms with van der Waals surface area (Å²) in [6.45, 7) is 1.82. The maximum Gasteiger partial charge on any atom is 0.240 e. The Kier molecular flexibility index (Phi) is 3.33. The van der Waals surface area contributed by atoms with Gasteiger partial charge in [-0.1, -0.05) is 36.4 Å². The molecule has 2 aliphatic heterocycles. The molecule has 3 heteroatoms. The highest BCUT2D eigenvalue weighted by Crippen LogP contribution is 2.40. The van der Waals surface area contributed by atoms with Gasteiger partial charge in [0.1, 0.15) is 0 Å². The lowest BCUT2D eigenvalue weighted by molar-refractivity contribution is -0.141. The topological polar surface area (TPSA) is 23.6 Å². The Labute approximate surface area is 132 Å². The molecule has 3 nitrogen and oxygen atoms in total. The van der Waals surface area contributed by atoms with Crippen molar-refractivity contribution in [2.75, 3.05) is 13.6 Å². The molecule has 1 aliphatic carbocycles. The Bertz CT molecular complexity index is 614. The highest BCUT2D eigenvalue weighted by atomic mass is 16.2. The highest BCUT2D eigenvalue weighted by Gasteiger charge is 2.46. The minimum Gasteiger partial charge on any atom is -0.335 e. The molecule has 1 unspecified atom stereocenters. The Morgan fingerprint density at radius 1 is 1.18 bits per heavy atom. The molecule has 1 aromatic carbocycles. The van der Waals surface area contributed by atoms with Crippen LogP contribution in [-0.4, -0.2) is 40.9 Å². The molecule has 1 amide bonds. The van der Waals surface area contributed by atoms with Crippen LogP contribution in [0, 0.1) is 0 Å². The molecule has 1 spiro atoms. The van der Waals surface area contributed by atoms with Crippen LogP contribution in [0.4, 0.5) is 0 Å². The van der Waals surface area contributed by atoms with Gasteiger partial charge in [0.25, 0.3) is 0 Å². The van der Waals surface area contributed by atoms with Gasteiger partial charge < -0.3 is 4.90 Å². The molecule has 1 aromatic rings. The molecule has 0 saturated carbocycles. The second-order valence-electron chi connectivity index (χ2n) is 7.10. The molecule has 0 radical (unpaired) electrons. The van der Waals surface area contributed by atoms with Crippen molar-refractivity contribution in [3.05, 3.63) is 47.5 Å². The average molecular weight is 296 g/mol. The first kappa shape index (κ1) is 14.0. The van der Waals surface area contributed by atoms with Crippen molar-refractivity contribution in [1.29, 1.82) is 0 Å². The van der Waals surface area contributed by atoms with E-state index in [0.717, 1.165) is 38.8 Å². The van der Waals surface area contributed by atoms with Crippen LogP contribution in [-0.2, 0) is 17.8 Å². The third kappa shape index (κ3) is 2.11. The summed E-state index contributed by atoms with van der Waals surface area (Å²) in [5.74, 6) is 0.346. The number of nitrogens with zero attached hydrogens (tertiary/aromatic N) is 2. The summed E-state index contributed by atoms with van der Waals surface area (Å²) in [5, 5.41) is 0. The van der Waals surface area contributed by atoms with Crippen molar-refractivity contribution in [2.45, 2.75) is 50.2 Å². The zero-order chi connectivity index (χ0) is 15.2. The molecular formula is C19H24N2O. The van der Waals surface area contributed by atoms with Crippen LogP contribution in [0.15, 0.2) is 36.4 Å². The van der Waals surface area contributed by atoms with Gasteiger partial charge in [0.2, 0.25) is 5.91 Å². The van der Waals surface area contributed by atoms with Crippen molar-refractivity contribution in [1.82, 2.24) is 9.80 Å². The quantitative estimate of drug-likeness (QED) is 0.744. The normalized spacial score (nSPS) is 26.6. The smallest absolute Gasteiger partial charge is 0.240 e. The lowest BCUT2D eigenvalue weighted by atomic mass is 9.90. The maximum atomic E-state index is 13.2. The van der Waals surface area contributed by atoms with E-state index in [9.17, 15) is 4.79 Å². The van der Waals surface area contributed by atoms with Crippen molar-refractivity contribution in [2.24, 2.45) is 0 Å². The second-order valence-corrected chi connectivity index (χ2v) is 7.10. The molecule has 0 aromatic heterocycles. The minimum absolute atomic E-state index is 0.00507. The lowest BCUT2D eigenvalue weighted by Crippen LogP contribution is -2.55. The van der Waals surface area contributed by atoms with Crippen LogP contribution in [0.1, 0.15) is 36.8 Å². The largest absolute Gasteiger partial charge is 0.335 e. The number of likely N-dealkylation sites (tertiary alicyclic amines) is 1. The molecule has 0 N–H and O–H groups in total. The van der Waals surface area contributed by atoms with Gasteiger partial charge in [-0.15, -0.1) is 0 Å². The summed E-state index contributed by atoms with van der Waals surface area (Å²) in [5.41, 5.74) is 2.82. The predicted molar refractivity (Wildman–Crippen MR) is 87.5 cm³/mol. The minimum atomic E-state index is 0.00507. The van der Waals surface area contributed by atoms with Crippen LogP contribution in [0.5, 0.6) is 0 Å². The fourth-order valence-electron chi connectivity index (χ4n) is 4.51. The Balaban J connectivity index is 1.58. The Morgan fingerprint density at radius 2 is 1.91 bits per heavy atom. The lowest BCUT2D eigenvalue weighted by Gasteiger charge is -2.41. The first-order chi connectivity index (χ1) is 10.7. The van der Waals surface area contributed by atoms with Crippen molar-refractivity contribution in [3.8, 4) is 0 Å². The summed E-state index contributed by atoms with van der Waals surface area (Å²) in [7, 11) is 2.09. The fourth-order valence-corrected chi connectivity index (χ4v) is 4.51. The number of rotatable bonds is 1. The van der Waals surface area contributed by atoms with E-state index in [4.69, 9.17) is 0 Å². The van der Waals surface area contributed by atoms with Gasteiger partial charge in [-0.25, -0.2) is 0 Å². The van der Waals surface area contributed by atoms with Gasteiger partial charge in [-0.2, -0.15) is 0 Å². The average Bonchev–Trinajstić information content (AvgIpc) is 3.16. The van der Waals surface area contributed by atoms with E-state index in [0.29, 0.717) is 5.91 Å². The first-order valence-corrected chi connectivity index (χ1v) is 8.43. The number of benzene rings is 1. The highest BCUT2D eigenvalue weighted by molar-refractivity contribution is 5.84. The van der Waals surface area contributed by atoms with Gasteiger partial charge in [0.05, 0.1) is 6.04 Å². The van der Waals surface area contributed by atoms with Crippen LogP contribution in [0.25, 0.3) is 0 Å². The summed E-state index contributed by atoms with van der Waals surface area (Å²) < 4.78 is 0. The number of hydrogen-bond acceptors (Lipinski definition) is 2. The maximum absolute atomic E-state index is 13.2. The third-order valence-corrected chi connectivity index (χ3v) is 5.79. The summed E-state index contributed by atoms with van der Waals surface area (Å²) in [6.07, 6.45) is 9.78. The van der Waals surface area contributed by atoms with Crippen LogP contribution in [0.3, 0.4) is 0 Å². The number of amides is 1. The Hall–Kier alpha value is -1.61. The van der Waals surface area contributed by atoms with E-state index < -0.39 is 0 Å². The van der Waals surface area contributed by atoms with E-state index in [1.165, 1.54) is 17.5 Å². The van der Waals surface area contributed by atoms with Crippen molar-refractivity contribution in [3.63, 3.8) is 0 Å². The summed E-state index contributed by atoms with van der Waals surface area (Å²) in [6, 6.07) is 8.55. The molecular weight excluding hydrogens is 272 g/mol. The molecule has 2 heterocycles. The van der Waals surface area contributed by atoms with Gasteiger partial charge >= 0.3 is 0 Å². The molecule has 1 saturated heterocycles. The van der Waals surface area contributed by atoms with Crippen LogP contribution < -0.4 is 0 Å². The van der Waals surface area contributed by atoms with Gasteiger partial charge in [0.15, 0.2) is 0 Å². The number of likely N-dealkylation sites (N-methyl/N-ethyl adjacent to an activating group) is 1. The molecule has 0 bridgehead atoms. The van der Waals surface area contributed by atoms with E-state index in [1.54, 1.807) is 0 Å². The molecule has 1 atom stereocenters. The molecule has 1 fully saturated rings. The first-order valence-electron chi connectivity index (χ1n) is 8.43. The van der Waals surface area contributed by atoms with Crippen molar-refractivity contribution < 1.29 is 4.79 Å². The molecule has 3 aliphatic rings. The van der Waals surface area contributed by atoms with Crippen LogP contribution >= 0.6 is 0 Å². The SMILES string of the molecule is CN1Cc2ccccc2CC1C(=O)N1CCCC12CC=CC2. The molecule has 22 heavy (non-hydrogen) atoms. The van der Waals surface area contributed by atoms with Gasteiger partial charge in [-0.3, -0.25) is 9.69 Å². The summed E-state index contributed by atoms with van der Waals surface area (Å²) in [4.78, 5) is 17.7. The number of hydrogen-bond donors (Lipinski definition) is 0. The van der Waals surface area contributed by atoms with Gasteiger partial charge in [-0.05, 0) is 50.3 Å². The summed E-state index contributed by atoms with van der Waals surface area (Å²) >= 11 is 0. The molecule has 116 valence electrons. The third-order valence-electron chi connectivity index (χ3n) is 5.79. The standard InChI is InChI=1S/C19H24N2O/c1-20-14-16-8-3-2-7-15(16)13-17(20)18(22)21-12-6-11-19(21)9-4-5-10-19/h2-5,7-8,17H,6,9-14H2,1H3. The molecule has 4 rings (SSSR count). The second kappa shape index (κ2) is 5.24. The van der Waals surface area contributed by atoms with Crippen molar-refractivity contribution >= 4 is 5.91 Å². The van der Waals surface area contributed by atoms with E-state index >= 15 is 0 Å². The van der Waals surface area contributed by atoms with Crippen LogP contribution in [0.2, 0.25) is 0 Å². The van der Waals surface area contributed by atoms with Gasteiger partial charge in [0, 0.05) is 18.6 Å². The van der Waals surface area contributed by atoms with E-state index in [2.05, 4.69) is 53.3 Å². The van der Waals surface area contributed by atoms with E-state index in [1.807, 2.05) is 0 Å². The number of fused-ring (bicyclic) bond motifs is 1. The predicted octanol–water partition coefficient (Wildman–Crippen LogP) is 2.75. The number of carbonyl (C=O) groups excluding carboxylic acids is 1. The monoisotopic (exact) mass is 296 g/mol. The van der Waals surface area contributed by atoms with E-state index in [-0.39, 0.29) is 11.6 Å². The Morgan fingerprint density at radius 3 is 2.68 bits per heavy atom. The zero-order valence-corrected chi connectivity index (χ0v) is 13.3. The number of carbonyl (C=O) groups is 1.